The molecule has 0 aliphatic carbocycles. The Morgan fingerprint density at radius 3 is 2.15 bits per heavy atom. The molecule has 2 rings (SSSR count). The van der Waals surface area contributed by atoms with Crippen LogP contribution in [-0.2, 0) is 33.6 Å². The minimum Gasteiger partial charge on any atom is -0.494 e. The Labute approximate surface area is 191 Å². The molecule has 0 bridgehead atoms. The van der Waals surface area contributed by atoms with Crippen molar-refractivity contribution in [2.75, 3.05) is 17.2 Å². The highest BCUT2D eigenvalue weighted by molar-refractivity contribution is 7.93. The van der Waals surface area contributed by atoms with Gasteiger partial charge >= 0.3 is 12.4 Å². The highest BCUT2D eigenvalue weighted by atomic mass is 32.2. The first-order chi connectivity index (χ1) is 15.6. The number of carbonyl (C=O) groups excluding carboxylic acids is 1. The lowest BCUT2D eigenvalue weighted by molar-refractivity contribution is -0.141. The van der Waals surface area contributed by atoms with Crippen LogP contribution in [0, 0.1) is 5.82 Å². The van der Waals surface area contributed by atoms with E-state index in [-0.39, 0.29) is 34.7 Å². The molecule has 0 unspecified atom stereocenters. The van der Waals surface area contributed by atoms with Gasteiger partial charge in [0.25, 0.3) is 0 Å². The second-order valence-electron chi connectivity index (χ2n) is 7.16. The molecule has 0 heterocycles. The van der Waals surface area contributed by atoms with E-state index in [1.165, 1.54) is 6.92 Å². The van der Waals surface area contributed by atoms with Crippen LogP contribution < -0.4 is 9.04 Å². The van der Waals surface area contributed by atoms with Crippen molar-refractivity contribution in [3.05, 3.63) is 58.9 Å². The average Bonchev–Trinajstić information content (AvgIpc) is 2.70. The van der Waals surface area contributed by atoms with Crippen molar-refractivity contribution in [2.24, 2.45) is 0 Å². The molecule has 0 saturated heterocycles. The van der Waals surface area contributed by atoms with Gasteiger partial charge in [-0.15, -0.1) is 0 Å². The van der Waals surface area contributed by atoms with Crippen molar-refractivity contribution < 1.29 is 48.7 Å². The van der Waals surface area contributed by atoms with Gasteiger partial charge in [0.15, 0.2) is 11.6 Å². The van der Waals surface area contributed by atoms with Crippen molar-refractivity contribution in [1.82, 2.24) is 0 Å². The number of aryl methyl sites for hydroxylation is 1. The van der Waals surface area contributed by atoms with Crippen LogP contribution in [0.2, 0.25) is 0 Å². The second kappa shape index (κ2) is 10.2. The van der Waals surface area contributed by atoms with Gasteiger partial charge in [-0.3, -0.25) is 4.79 Å². The molecule has 0 radical (unpaired) electrons. The number of alkyl halides is 6. The summed E-state index contributed by atoms with van der Waals surface area (Å²) in [6.45, 7) is 1.49. The van der Waals surface area contributed by atoms with Crippen LogP contribution in [0.5, 0.6) is 5.75 Å². The van der Waals surface area contributed by atoms with Gasteiger partial charge in [0.05, 0.1) is 29.7 Å². The predicted molar refractivity (Wildman–Crippen MR) is 109 cm³/mol. The van der Waals surface area contributed by atoms with Crippen LogP contribution in [0.3, 0.4) is 0 Å². The highest BCUT2D eigenvalue weighted by Gasteiger charge is 2.37. The fraction of sp³-hybridized carbons (Fsp3) is 0.381. The van der Waals surface area contributed by atoms with Gasteiger partial charge in [0, 0.05) is 12.5 Å². The van der Waals surface area contributed by atoms with Crippen LogP contribution >= 0.6 is 0 Å². The van der Waals surface area contributed by atoms with Crippen molar-refractivity contribution in [1.29, 1.82) is 0 Å². The lowest BCUT2D eigenvalue weighted by Gasteiger charge is -2.23. The normalized spacial score (nSPS) is 12.5. The van der Waals surface area contributed by atoms with Gasteiger partial charge in [-0.05, 0) is 48.7 Å². The molecular formula is C21H20F7NO4S. The van der Waals surface area contributed by atoms with E-state index in [0.717, 1.165) is 19.2 Å². The van der Waals surface area contributed by atoms with Gasteiger partial charge in [-0.2, -0.15) is 26.3 Å². The number of carbonyl (C=O) groups is 1. The quantitative estimate of drug-likeness (QED) is 0.431. The Balaban J connectivity index is 2.46. The standard InChI is InChI=1S/C21H20F7NO4S/c1-3-10-34(31,32)29(15-6-8-18(33-2)17(22)12-15)19(30)9-4-13-11-14(20(23,24)25)5-7-16(13)21(26,27)28/h5-8,11-12H,3-4,9-10H2,1-2H3. The van der Waals surface area contributed by atoms with Crippen LogP contribution in [0.4, 0.5) is 36.4 Å². The van der Waals surface area contributed by atoms with Crippen LogP contribution in [0.1, 0.15) is 36.5 Å². The maximum atomic E-state index is 14.1. The third-order valence-electron chi connectivity index (χ3n) is 4.68. The molecule has 0 aliphatic rings. The van der Waals surface area contributed by atoms with E-state index in [4.69, 9.17) is 4.74 Å². The number of methoxy groups -OCH3 is 1. The maximum absolute atomic E-state index is 14.1. The minimum absolute atomic E-state index is 0.0661. The Kier molecular flexibility index (Phi) is 8.22. The number of halogens is 7. The number of sulfonamides is 1. The number of rotatable bonds is 8. The average molecular weight is 515 g/mol. The molecule has 0 fully saturated rings. The fourth-order valence-electron chi connectivity index (χ4n) is 3.19. The van der Waals surface area contributed by atoms with Crippen molar-refractivity contribution >= 4 is 21.6 Å². The van der Waals surface area contributed by atoms with Crippen LogP contribution in [-0.4, -0.2) is 27.2 Å². The van der Waals surface area contributed by atoms with E-state index in [9.17, 15) is 43.9 Å². The first-order valence-electron chi connectivity index (χ1n) is 9.78. The molecule has 0 aliphatic heterocycles. The summed E-state index contributed by atoms with van der Waals surface area (Å²) in [5, 5.41) is 0. The zero-order valence-electron chi connectivity index (χ0n) is 17.9. The number of benzene rings is 2. The van der Waals surface area contributed by atoms with Crippen molar-refractivity contribution in [2.45, 2.75) is 38.5 Å². The number of amides is 1. The van der Waals surface area contributed by atoms with E-state index >= 15 is 0 Å². The number of anilines is 1. The molecule has 5 nitrogen and oxygen atoms in total. The predicted octanol–water partition coefficient (Wildman–Crippen LogP) is 5.58. The monoisotopic (exact) mass is 515 g/mol. The summed E-state index contributed by atoms with van der Waals surface area (Å²) in [4.78, 5) is 12.8. The molecular weight excluding hydrogens is 495 g/mol. The largest absolute Gasteiger partial charge is 0.494 e. The molecule has 13 heteroatoms. The van der Waals surface area contributed by atoms with Gasteiger partial charge < -0.3 is 4.74 Å². The van der Waals surface area contributed by atoms with Gasteiger partial charge in [0.1, 0.15) is 0 Å². The van der Waals surface area contributed by atoms with E-state index in [1.54, 1.807) is 0 Å². The summed E-state index contributed by atoms with van der Waals surface area (Å²) in [5.41, 5.74) is -3.98. The third kappa shape index (κ3) is 6.39. The zero-order valence-corrected chi connectivity index (χ0v) is 18.7. The first kappa shape index (κ1) is 27.4. The number of nitrogens with zero attached hydrogens (tertiary/aromatic N) is 1. The molecule has 0 atom stereocenters. The summed E-state index contributed by atoms with van der Waals surface area (Å²) in [6.07, 6.45) is -11.6. The molecule has 0 N–H and O–H groups in total. The summed E-state index contributed by atoms with van der Waals surface area (Å²) in [5.74, 6) is -3.02. The molecule has 34 heavy (non-hydrogen) atoms. The number of ether oxygens (including phenoxy) is 1. The van der Waals surface area contributed by atoms with Gasteiger partial charge in [0.2, 0.25) is 15.9 Å². The molecule has 0 spiro atoms. The van der Waals surface area contributed by atoms with Gasteiger partial charge in [-0.1, -0.05) is 6.92 Å². The molecule has 2 aromatic rings. The Bertz CT molecular complexity index is 1140. The summed E-state index contributed by atoms with van der Waals surface area (Å²) < 4.78 is 123. The number of hydrogen-bond donors (Lipinski definition) is 0. The molecule has 2 aromatic carbocycles. The second-order valence-corrected chi connectivity index (χ2v) is 9.10. The minimum atomic E-state index is -5.00. The molecule has 188 valence electrons. The van der Waals surface area contributed by atoms with E-state index in [0.29, 0.717) is 6.07 Å². The van der Waals surface area contributed by atoms with E-state index in [2.05, 4.69) is 0 Å². The SMILES string of the molecule is CCCS(=O)(=O)N(C(=O)CCc1cc(C(F)(F)F)ccc1C(F)(F)F)c1ccc(OC)c(F)c1. The van der Waals surface area contributed by atoms with Crippen LogP contribution in [0.15, 0.2) is 36.4 Å². The molecule has 1 amide bonds. The maximum Gasteiger partial charge on any atom is 0.416 e. The third-order valence-corrected chi connectivity index (χ3v) is 6.58. The lowest BCUT2D eigenvalue weighted by atomic mass is 9.99. The van der Waals surface area contributed by atoms with Gasteiger partial charge in [-0.25, -0.2) is 17.1 Å². The molecule has 0 aromatic heterocycles. The Hall–Kier alpha value is -2.83. The van der Waals surface area contributed by atoms with E-state index in [1.807, 2.05) is 0 Å². The smallest absolute Gasteiger partial charge is 0.416 e. The Morgan fingerprint density at radius 1 is 1.00 bits per heavy atom. The fourth-order valence-corrected chi connectivity index (χ4v) is 4.72. The zero-order chi connectivity index (χ0) is 25.9. The summed E-state index contributed by atoms with van der Waals surface area (Å²) in [6, 6.07) is 3.63. The topological polar surface area (TPSA) is 63.7 Å². The summed E-state index contributed by atoms with van der Waals surface area (Å²) in [7, 11) is -3.21. The summed E-state index contributed by atoms with van der Waals surface area (Å²) >= 11 is 0. The van der Waals surface area contributed by atoms with E-state index < -0.39 is 75.1 Å². The Morgan fingerprint density at radius 2 is 1.65 bits per heavy atom. The number of hydrogen-bond acceptors (Lipinski definition) is 4. The first-order valence-corrected chi connectivity index (χ1v) is 11.4. The highest BCUT2D eigenvalue weighted by Crippen LogP contribution is 2.37. The van der Waals surface area contributed by atoms with Crippen molar-refractivity contribution in [3.63, 3.8) is 0 Å². The van der Waals surface area contributed by atoms with Crippen molar-refractivity contribution in [3.8, 4) is 5.75 Å². The van der Waals surface area contributed by atoms with Crippen LogP contribution in [0.25, 0.3) is 0 Å². The molecule has 0 saturated carbocycles. The lowest BCUT2D eigenvalue weighted by Crippen LogP contribution is -2.38.